The molecule has 0 saturated carbocycles. The van der Waals surface area contributed by atoms with Crippen molar-refractivity contribution in [3.05, 3.63) is 22.6 Å². The van der Waals surface area contributed by atoms with E-state index in [0.29, 0.717) is 17.1 Å². The number of hydrogen-bond donors (Lipinski definition) is 0. The van der Waals surface area contributed by atoms with Crippen LogP contribution in [0.15, 0.2) is 21.2 Å². The van der Waals surface area contributed by atoms with Crippen LogP contribution in [-0.2, 0) is 11.3 Å². The molecule has 0 aliphatic heterocycles. The van der Waals surface area contributed by atoms with Gasteiger partial charge in [0.25, 0.3) is 0 Å². The van der Waals surface area contributed by atoms with E-state index in [1.807, 2.05) is 13.0 Å². The van der Waals surface area contributed by atoms with Crippen LogP contribution in [0.4, 0.5) is 0 Å². The molecule has 1 atom stereocenters. The van der Waals surface area contributed by atoms with E-state index in [0.717, 1.165) is 5.76 Å². The fourth-order valence-electron chi connectivity index (χ4n) is 1.19. The molecule has 1 heterocycles. The molecule has 84 valence electrons. The third-order valence-corrected chi connectivity index (χ3v) is 2.94. The van der Waals surface area contributed by atoms with Gasteiger partial charge in [-0.05, 0) is 28.1 Å². The molecule has 0 aliphatic carbocycles. The van der Waals surface area contributed by atoms with Gasteiger partial charge in [0.2, 0.25) is 5.91 Å². The number of carbonyl (C=O) groups is 1. The average molecular weight is 295 g/mol. The second kappa shape index (κ2) is 5.56. The molecule has 0 bridgehead atoms. The Kier molecular flexibility index (Phi) is 4.67. The predicted molar refractivity (Wildman–Crippen MR) is 62.8 cm³/mol. The molecule has 1 rings (SSSR count). The van der Waals surface area contributed by atoms with Gasteiger partial charge in [-0.15, -0.1) is 11.6 Å². The van der Waals surface area contributed by atoms with Crippen molar-refractivity contribution in [2.24, 2.45) is 5.92 Å². The van der Waals surface area contributed by atoms with Crippen LogP contribution in [0.3, 0.4) is 0 Å². The van der Waals surface area contributed by atoms with Gasteiger partial charge >= 0.3 is 0 Å². The Morgan fingerprint density at radius 2 is 2.33 bits per heavy atom. The molecule has 5 heteroatoms. The van der Waals surface area contributed by atoms with Crippen molar-refractivity contribution in [1.82, 2.24) is 4.90 Å². The third-order valence-electron chi connectivity index (χ3n) is 2.05. The van der Waals surface area contributed by atoms with Crippen molar-refractivity contribution in [2.75, 3.05) is 12.9 Å². The van der Waals surface area contributed by atoms with Gasteiger partial charge < -0.3 is 9.32 Å². The van der Waals surface area contributed by atoms with Crippen LogP contribution in [0.1, 0.15) is 12.7 Å². The Labute approximate surface area is 103 Å². The van der Waals surface area contributed by atoms with Gasteiger partial charge in [0.05, 0.1) is 6.54 Å². The third kappa shape index (κ3) is 3.54. The summed E-state index contributed by atoms with van der Waals surface area (Å²) in [6.07, 6.45) is 0. The quantitative estimate of drug-likeness (QED) is 0.800. The summed E-state index contributed by atoms with van der Waals surface area (Å²) in [6, 6.07) is 3.64. The Morgan fingerprint density at radius 3 is 2.80 bits per heavy atom. The fraction of sp³-hybridized carbons (Fsp3) is 0.500. The second-order valence-corrected chi connectivity index (χ2v) is 4.55. The summed E-state index contributed by atoms with van der Waals surface area (Å²) in [4.78, 5) is 13.3. The molecule has 3 nitrogen and oxygen atoms in total. The first-order valence-corrected chi connectivity index (χ1v) is 5.92. The van der Waals surface area contributed by atoms with Gasteiger partial charge in [-0.3, -0.25) is 4.79 Å². The van der Waals surface area contributed by atoms with Crippen LogP contribution >= 0.6 is 27.5 Å². The Morgan fingerprint density at radius 1 is 1.67 bits per heavy atom. The van der Waals surface area contributed by atoms with Crippen molar-refractivity contribution in [2.45, 2.75) is 13.5 Å². The minimum absolute atomic E-state index is 0.0255. The Hall–Kier alpha value is -0.480. The van der Waals surface area contributed by atoms with Crippen LogP contribution in [0.2, 0.25) is 0 Å². The van der Waals surface area contributed by atoms with Gasteiger partial charge in [0, 0.05) is 18.8 Å². The van der Waals surface area contributed by atoms with Gasteiger partial charge in [-0.2, -0.15) is 0 Å². The number of furan rings is 1. The average Bonchev–Trinajstić information content (AvgIpc) is 2.61. The lowest BCUT2D eigenvalue weighted by Crippen LogP contribution is -2.31. The van der Waals surface area contributed by atoms with Gasteiger partial charge in [0.15, 0.2) is 4.67 Å². The Balaban J connectivity index is 2.55. The smallest absolute Gasteiger partial charge is 0.226 e. The summed E-state index contributed by atoms with van der Waals surface area (Å²) in [5.41, 5.74) is 0. The second-order valence-electron chi connectivity index (χ2n) is 3.46. The molecule has 1 aromatic rings. The lowest BCUT2D eigenvalue weighted by atomic mass is 10.2. The molecule has 1 unspecified atom stereocenters. The monoisotopic (exact) mass is 293 g/mol. The maximum absolute atomic E-state index is 11.7. The highest BCUT2D eigenvalue weighted by Gasteiger charge is 2.17. The summed E-state index contributed by atoms with van der Waals surface area (Å²) >= 11 is 8.83. The van der Waals surface area contributed by atoms with Crippen LogP contribution < -0.4 is 0 Å². The highest BCUT2D eigenvalue weighted by atomic mass is 79.9. The van der Waals surface area contributed by atoms with Gasteiger partial charge in [-0.25, -0.2) is 0 Å². The molecule has 0 spiro atoms. The summed E-state index contributed by atoms with van der Waals surface area (Å²) in [5.74, 6) is 0.956. The van der Waals surface area contributed by atoms with Crippen molar-refractivity contribution in [3.8, 4) is 0 Å². The Bertz CT molecular complexity index is 340. The molecule has 0 saturated heterocycles. The molecule has 0 N–H and O–H groups in total. The number of amides is 1. The van der Waals surface area contributed by atoms with E-state index in [9.17, 15) is 4.79 Å². The molecular formula is C10H13BrClNO2. The maximum atomic E-state index is 11.7. The van der Waals surface area contributed by atoms with Crippen molar-refractivity contribution in [3.63, 3.8) is 0 Å². The van der Waals surface area contributed by atoms with Crippen molar-refractivity contribution >= 4 is 33.4 Å². The summed E-state index contributed by atoms with van der Waals surface area (Å²) in [5, 5.41) is 0. The lowest BCUT2D eigenvalue weighted by Gasteiger charge is -2.18. The molecule has 0 fully saturated rings. The molecule has 0 aliphatic rings. The molecule has 1 amide bonds. The zero-order chi connectivity index (χ0) is 11.4. The first-order valence-electron chi connectivity index (χ1n) is 4.59. The zero-order valence-electron chi connectivity index (χ0n) is 8.67. The van der Waals surface area contributed by atoms with E-state index >= 15 is 0 Å². The van der Waals surface area contributed by atoms with E-state index < -0.39 is 0 Å². The first-order chi connectivity index (χ1) is 7.04. The van der Waals surface area contributed by atoms with Crippen LogP contribution in [-0.4, -0.2) is 23.7 Å². The van der Waals surface area contributed by atoms with E-state index in [1.165, 1.54) is 0 Å². The van der Waals surface area contributed by atoms with Crippen molar-refractivity contribution in [1.29, 1.82) is 0 Å². The molecular weight excluding hydrogens is 281 g/mol. The van der Waals surface area contributed by atoms with E-state index in [4.69, 9.17) is 16.0 Å². The maximum Gasteiger partial charge on any atom is 0.226 e. The minimum atomic E-state index is -0.157. The largest absolute Gasteiger partial charge is 0.452 e. The molecule has 15 heavy (non-hydrogen) atoms. The molecule has 0 aromatic carbocycles. The number of halogens is 2. The number of hydrogen-bond acceptors (Lipinski definition) is 2. The summed E-state index contributed by atoms with van der Waals surface area (Å²) in [6.45, 7) is 2.27. The van der Waals surface area contributed by atoms with Gasteiger partial charge in [-0.1, -0.05) is 6.92 Å². The standard InChI is InChI=1S/C10H13BrClNO2/c1-7(5-12)10(14)13(2)6-8-3-4-9(11)15-8/h3-4,7H,5-6H2,1-2H3. The highest BCUT2D eigenvalue weighted by Crippen LogP contribution is 2.16. The number of nitrogens with zero attached hydrogens (tertiary/aromatic N) is 1. The fourth-order valence-corrected chi connectivity index (χ4v) is 1.66. The van der Waals surface area contributed by atoms with E-state index in [-0.39, 0.29) is 11.8 Å². The topological polar surface area (TPSA) is 33.5 Å². The van der Waals surface area contributed by atoms with Crippen LogP contribution in [0.25, 0.3) is 0 Å². The van der Waals surface area contributed by atoms with Gasteiger partial charge in [0.1, 0.15) is 5.76 Å². The summed E-state index contributed by atoms with van der Waals surface area (Å²) < 4.78 is 5.98. The van der Waals surface area contributed by atoms with E-state index in [2.05, 4.69) is 15.9 Å². The zero-order valence-corrected chi connectivity index (χ0v) is 11.0. The normalized spacial score (nSPS) is 12.5. The number of carbonyl (C=O) groups excluding carboxylic acids is 1. The minimum Gasteiger partial charge on any atom is -0.452 e. The first kappa shape index (κ1) is 12.6. The van der Waals surface area contributed by atoms with Crippen molar-refractivity contribution < 1.29 is 9.21 Å². The molecule has 1 aromatic heterocycles. The predicted octanol–water partition coefficient (Wildman–Crippen LogP) is 2.88. The summed E-state index contributed by atoms with van der Waals surface area (Å²) in [7, 11) is 1.74. The SMILES string of the molecule is CC(CCl)C(=O)N(C)Cc1ccc(Br)o1. The van der Waals surface area contributed by atoms with Crippen LogP contribution in [0.5, 0.6) is 0 Å². The van der Waals surface area contributed by atoms with E-state index in [1.54, 1.807) is 18.0 Å². The van der Waals surface area contributed by atoms with Crippen LogP contribution in [0, 0.1) is 5.92 Å². The number of alkyl halides is 1. The lowest BCUT2D eigenvalue weighted by molar-refractivity contribution is -0.133. The molecule has 0 radical (unpaired) electrons. The highest BCUT2D eigenvalue weighted by molar-refractivity contribution is 9.10. The number of rotatable bonds is 4.